The fourth-order valence-corrected chi connectivity index (χ4v) is 16.4. The first-order valence-corrected chi connectivity index (χ1v) is 40.8. The Labute approximate surface area is 698 Å². The standard InChI is InChI=1S/C23H24N4O4.2C22H23N3O5.C22H23N3O4S/c1-3-31-23(30)19-20(17-8-4-5-9-18(17)25(2)22(19)29)26-11-13-27(14-12-26)21(28)16-7-6-10-24-15-16;1-3-29-22(28)18-19(15-7-4-5-8-16(15)23(2)21(18)27)24-10-12-25(13-11-24)20(26)17-9-6-14-30-17;1-3-30-22(28)18-19(16-6-4-5-7-17(16)23(2)21(18)27)24-9-11-25(12-10-24)20(26)15-8-13-29-14-15;1-3-29-22(28)18-19(15-7-4-5-8-16(15)23(2)21(18)27)24-10-12-25(13-11-24)20(26)17-9-6-14-30-17/h4-10,15H,3,11-14H2,1-2H3;4-9,14H,3,10-13H2,1-2H3;4-8,13-14H,3,9-12H2,1-2H3;4-9,14H,3,10-13H2,1-2H3. The minimum absolute atomic E-state index is 0.0177. The van der Waals surface area contributed by atoms with Gasteiger partial charge in [0.1, 0.15) is 28.5 Å². The van der Waals surface area contributed by atoms with Gasteiger partial charge >= 0.3 is 23.9 Å². The van der Waals surface area contributed by atoms with Crippen molar-refractivity contribution in [1.29, 1.82) is 0 Å². The fourth-order valence-electron chi connectivity index (χ4n) is 15.7. The number of furan rings is 2. The van der Waals surface area contributed by atoms with Crippen LogP contribution in [0.4, 0.5) is 22.7 Å². The largest absolute Gasteiger partial charge is 0.472 e. The average molecular weight is 1660 g/mol. The van der Waals surface area contributed by atoms with Gasteiger partial charge in [-0.05, 0) is 93.7 Å². The zero-order chi connectivity index (χ0) is 85.7. The summed E-state index contributed by atoms with van der Waals surface area (Å²) in [6.07, 6.45) is 7.57. The summed E-state index contributed by atoms with van der Waals surface area (Å²) in [5.41, 5.74) is 4.94. The summed E-state index contributed by atoms with van der Waals surface area (Å²) in [5, 5.41) is 5.12. The molecule has 4 amide bonds. The van der Waals surface area contributed by atoms with Gasteiger partial charge in [0.15, 0.2) is 5.76 Å². The first kappa shape index (κ1) is 85.0. The number of piperazine rings is 4. The Kier molecular flexibility index (Phi) is 26.8. The lowest BCUT2D eigenvalue weighted by atomic mass is 10.1. The number of hydrogen-bond acceptors (Lipinski definition) is 24. The van der Waals surface area contributed by atoms with Crippen molar-refractivity contribution in [2.24, 2.45) is 28.2 Å². The van der Waals surface area contributed by atoms with E-state index in [-0.39, 0.29) is 89.0 Å². The molecule has 12 aromatic rings. The molecule has 0 bridgehead atoms. The SMILES string of the molecule is CCOC(=O)c1c(N2CCN(C(=O)c3cccnc3)CC2)c2ccccc2n(C)c1=O.CCOC(=O)c1c(N2CCN(C(=O)c3ccco3)CC2)c2ccccc2n(C)c1=O.CCOC(=O)c1c(N2CCN(C(=O)c3cccs3)CC2)c2ccccc2n(C)c1=O.CCOC(=O)c1c(N2CCN(C(=O)c3ccoc3)CC2)c2ccccc2n(C)c1=O. The third-order valence-electron chi connectivity index (χ3n) is 21.7. The molecule has 8 aromatic heterocycles. The number of amides is 4. The molecule has 0 atom stereocenters. The highest BCUT2D eigenvalue weighted by molar-refractivity contribution is 7.12. The second kappa shape index (κ2) is 38.2. The summed E-state index contributed by atoms with van der Waals surface area (Å²) in [4.78, 5) is 174. The smallest absolute Gasteiger partial charge is 0.345 e. The Hall–Kier alpha value is -13.9. The Morgan fingerprint density at radius 2 is 0.686 bits per heavy atom. The van der Waals surface area contributed by atoms with Gasteiger partial charge in [-0.1, -0.05) is 78.9 Å². The van der Waals surface area contributed by atoms with Crippen LogP contribution in [0.2, 0.25) is 0 Å². The Balaban J connectivity index is 0.000000139. The second-order valence-electron chi connectivity index (χ2n) is 28.6. The molecule has 31 nitrogen and oxygen atoms in total. The van der Waals surface area contributed by atoms with E-state index in [4.69, 9.17) is 27.8 Å². The van der Waals surface area contributed by atoms with Crippen LogP contribution in [0.3, 0.4) is 0 Å². The molecule has 0 saturated carbocycles. The van der Waals surface area contributed by atoms with Crippen molar-refractivity contribution in [2.75, 3.05) is 151 Å². The van der Waals surface area contributed by atoms with Gasteiger partial charge in [0, 0.05) is 167 Å². The molecule has 4 aromatic carbocycles. The molecule has 0 N–H and O–H groups in total. The van der Waals surface area contributed by atoms with Gasteiger partial charge in [0.2, 0.25) is 0 Å². The van der Waals surface area contributed by atoms with Crippen molar-refractivity contribution in [1.82, 2.24) is 42.9 Å². The molecule has 0 spiro atoms. The molecule has 4 fully saturated rings. The maximum absolute atomic E-state index is 13.1. The van der Waals surface area contributed by atoms with E-state index in [0.717, 1.165) is 48.5 Å². The first-order valence-electron chi connectivity index (χ1n) is 39.9. The molecule has 12 heterocycles. The summed E-state index contributed by atoms with van der Waals surface area (Å²) in [6.45, 7) is 15.4. The number of hydrogen-bond donors (Lipinski definition) is 0. The number of ether oxygens (including phenoxy) is 4. The van der Waals surface area contributed by atoms with Crippen LogP contribution in [0.15, 0.2) is 204 Å². The van der Waals surface area contributed by atoms with Crippen molar-refractivity contribution >= 4 is 125 Å². The zero-order valence-corrected chi connectivity index (χ0v) is 69.3. The molecule has 4 aliphatic heterocycles. The number of benzene rings is 4. The molecule has 4 aliphatic rings. The van der Waals surface area contributed by atoms with Gasteiger partial charge in [-0.25, -0.2) is 19.2 Å². The summed E-state index contributed by atoms with van der Waals surface area (Å²) >= 11 is 1.43. The average Bonchev–Trinajstić information content (AvgIpc) is 1.01. The molecule has 0 aliphatic carbocycles. The Bertz CT molecular complexity index is 5650. The Morgan fingerprint density at radius 1 is 0.355 bits per heavy atom. The highest BCUT2D eigenvalue weighted by Crippen LogP contribution is 2.36. The normalized spacial score (nSPS) is 14.1. The summed E-state index contributed by atoms with van der Waals surface area (Å²) < 4.78 is 37.0. The second-order valence-corrected chi connectivity index (χ2v) is 29.6. The molecule has 628 valence electrons. The number of carbonyl (C=O) groups is 8. The minimum atomic E-state index is -0.632. The van der Waals surface area contributed by atoms with E-state index in [0.29, 0.717) is 144 Å². The van der Waals surface area contributed by atoms with Crippen LogP contribution in [-0.2, 0) is 47.1 Å². The number of rotatable bonds is 16. The van der Waals surface area contributed by atoms with Gasteiger partial charge in [-0.3, -0.25) is 43.3 Å². The molecule has 0 unspecified atom stereocenters. The number of pyridine rings is 5. The van der Waals surface area contributed by atoms with E-state index in [1.54, 1.807) is 113 Å². The highest BCUT2D eigenvalue weighted by Gasteiger charge is 2.36. The number of carbonyl (C=O) groups excluding carboxylic acids is 8. The lowest BCUT2D eigenvalue weighted by molar-refractivity contribution is 0.0514. The quantitative estimate of drug-likeness (QED) is 0.0642. The fraction of sp³-hybridized carbons (Fsp3) is 0.315. The van der Waals surface area contributed by atoms with E-state index in [1.807, 2.05) is 139 Å². The summed E-state index contributed by atoms with van der Waals surface area (Å²) in [7, 11) is 6.62. The molecule has 32 heteroatoms. The van der Waals surface area contributed by atoms with Crippen LogP contribution in [0.5, 0.6) is 0 Å². The maximum Gasteiger partial charge on any atom is 0.345 e. The number of nitrogens with zero attached hydrogens (tertiary/aromatic N) is 13. The van der Waals surface area contributed by atoms with E-state index in [9.17, 15) is 57.5 Å². The summed E-state index contributed by atoms with van der Waals surface area (Å²) in [5.74, 6) is -2.52. The van der Waals surface area contributed by atoms with Crippen molar-refractivity contribution < 1.29 is 66.1 Å². The van der Waals surface area contributed by atoms with Gasteiger partial charge in [0.25, 0.3) is 45.9 Å². The van der Waals surface area contributed by atoms with Gasteiger partial charge in [-0.2, -0.15) is 0 Å². The van der Waals surface area contributed by atoms with Crippen LogP contribution in [-0.4, -0.2) is 222 Å². The maximum atomic E-state index is 13.1. The summed E-state index contributed by atoms with van der Waals surface area (Å²) in [6, 6.07) is 42.2. The minimum Gasteiger partial charge on any atom is -0.472 e. The van der Waals surface area contributed by atoms with Crippen LogP contribution in [0, 0.1) is 0 Å². The highest BCUT2D eigenvalue weighted by atomic mass is 32.1. The molecule has 4 saturated heterocycles. The molecular formula is C89H93N13O18S. The third-order valence-corrected chi connectivity index (χ3v) is 22.6. The van der Waals surface area contributed by atoms with Crippen LogP contribution in [0.25, 0.3) is 43.6 Å². The van der Waals surface area contributed by atoms with E-state index in [2.05, 4.69) is 4.98 Å². The number of aryl methyl sites for hydroxylation is 4. The van der Waals surface area contributed by atoms with E-state index in [1.165, 1.54) is 48.4 Å². The number of fused-ring (bicyclic) bond motifs is 4. The van der Waals surface area contributed by atoms with Crippen LogP contribution >= 0.6 is 11.3 Å². The predicted molar refractivity (Wildman–Crippen MR) is 459 cm³/mol. The zero-order valence-electron chi connectivity index (χ0n) is 68.5. The number of thiophene rings is 1. The Morgan fingerprint density at radius 3 is 0.975 bits per heavy atom. The van der Waals surface area contributed by atoms with Crippen LogP contribution < -0.4 is 41.8 Å². The van der Waals surface area contributed by atoms with Crippen molar-refractivity contribution in [3.05, 3.63) is 262 Å². The lowest BCUT2D eigenvalue weighted by Gasteiger charge is -2.37. The molecule has 121 heavy (non-hydrogen) atoms. The number of para-hydroxylation sites is 4. The van der Waals surface area contributed by atoms with Crippen molar-refractivity contribution in [3.63, 3.8) is 0 Å². The molecule has 0 radical (unpaired) electrons. The van der Waals surface area contributed by atoms with Gasteiger partial charge in [0.05, 0.1) is 99.8 Å². The first-order chi connectivity index (χ1) is 58.6. The number of esters is 4. The lowest BCUT2D eigenvalue weighted by Crippen LogP contribution is -2.49. The monoisotopic (exact) mass is 1660 g/mol. The van der Waals surface area contributed by atoms with Crippen molar-refractivity contribution in [2.45, 2.75) is 27.7 Å². The number of aromatic nitrogens is 5. The van der Waals surface area contributed by atoms with Gasteiger partial charge < -0.3 is 85.2 Å². The molecular weight excluding hydrogens is 1570 g/mol. The predicted octanol–water partition coefficient (Wildman–Crippen LogP) is 9.35. The van der Waals surface area contributed by atoms with Crippen LogP contribution in [0.1, 0.15) is 110 Å². The number of anilines is 4. The van der Waals surface area contributed by atoms with Gasteiger partial charge in [-0.15, -0.1) is 11.3 Å². The van der Waals surface area contributed by atoms with E-state index < -0.39 is 29.4 Å². The molecule has 16 rings (SSSR count). The topological polar surface area (TPSA) is 327 Å². The third kappa shape index (κ3) is 17.7. The van der Waals surface area contributed by atoms with Crippen molar-refractivity contribution in [3.8, 4) is 0 Å². The van der Waals surface area contributed by atoms with E-state index >= 15 is 0 Å².